The average molecular weight is 224 g/mol. The van der Waals surface area contributed by atoms with E-state index in [9.17, 15) is 0 Å². The lowest BCUT2D eigenvalue weighted by Crippen LogP contribution is -2.55. The van der Waals surface area contributed by atoms with Gasteiger partial charge in [0.25, 0.3) is 0 Å². The van der Waals surface area contributed by atoms with Crippen LogP contribution in [0.3, 0.4) is 0 Å². The van der Waals surface area contributed by atoms with Crippen LogP contribution in [0.5, 0.6) is 0 Å². The van der Waals surface area contributed by atoms with Gasteiger partial charge in [-0.1, -0.05) is 0 Å². The topological polar surface area (TPSA) is 49.2 Å². The monoisotopic (exact) mass is 224 g/mol. The van der Waals surface area contributed by atoms with Crippen molar-refractivity contribution in [3.63, 3.8) is 0 Å². The summed E-state index contributed by atoms with van der Waals surface area (Å²) in [6.07, 6.45) is 1.95. The number of ether oxygens (including phenoxy) is 1. The third-order valence-corrected chi connectivity index (χ3v) is 2.91. The Balaban J connectivity index is 2.18. The highest BCUT2D eigenvalue weighted by atomic mass is 16.5. The molecule has 0 fully saturated rings. The Bertz CT molecular complexity index is 313. The fourth-order valence-electron chi connectivity index (χ4n) is 2.14. The van der Waals surface area contributed by atoms with Crippen LogP contribution in [0.4, 0.5) is 0 Å². The average Bonchev–Trinajstić information content (AvgIpc) is 2.61. The van der Waals surface area contributed by atoms with Crippen LogP contribution < -0.4 is 5.32 Å². The molecule has 2 aliphatic heterocycles. The van der Waals surface area contributed by atoms with Gasteiger partial charge in [0.05, 0.1) is 12.2 Å². The summed E-state index contributed by atoms with van der Waals surface area (Å²) in [6, 6.07) is 0.488. The first-order chi connectivity index (χ1) is 7.63. The van der Waals surface area contributed by atoms with E-state index >= 15 is 0 Å². The zero-order chi connectivity index (χ0) is 11.7. The molecule has 5 heteroatoms. The highest BCUT2D eigenvalue weighted by Gasteiger charge is 2.40. The minimum absolute atomic E-state index is 0.0486. The van der Waals surface area contributed by atoms with Crippen molar-refractivity contribution in [2.75, 3.05) is 6.61 Å². The van der Waals surface area contributed by atoms with Crippen LogP contribution >= 0.6 is 0 Å². The van der Waals surface area contributed by atoms with Gasteiger partial charge in [-0.2, -0.15) is 0 Å². The molecule has 0 bridgehead atoms. The summed E-state index contributed by atoms with van der Waals surface area (Å²) in [5.74, 6) is 0.927. The maximum Gasteiger partial charge on any atom is 0.155 e. The molecule has 0 aromatic carbocycles. The Labute approximate surface area is 96.6 Å². The molecule has 2 heterocycles. The number of nitrogens with zero attached hydrogens (tertiary/aromatic N) is 3. The number of aliphatic imine (C=N–C) groups is 2. The van der Waals surface area contributed by atoms with E-state index in [1.165, 1.54) is 0 Å². The molecule has 1 N–H and O–H groups in total. The van der Waals surface area contributed by atoms with Crippen LogP contribution in [0.1, 0.15) is 27.7 Å². The minimum atomic E-state index is -0.0486. The molecule has 3 atom stereocenters. The predicted molar refractivity (Wildman–Crippen MR) is 64.7 cm³/mol. The van der Waals surface area contributed by atoms with Crippen LogP contribution in [0, 0.1) is 0 Å². The maximum absolute atomic E-state index is 5.66. The fraction of sp³-hybridized carbons (Fsp3) is 0.818. The standard InChI is InChI=1S/C11H20N4O/c1-5-16-11-9-10(13-8(4)14-11)15(6-12-9)7(2)3/h6-7,9-11H,5H2,1-4H3,(H,13,14). The van der Waals surface area contributed by atoms with E-state index in [1.54, 1.807) is 0 Å². The van der Waals surface area contributed by atoms with Crippen molar-refractivity contribution in [1.29, 1.82) is 0 Å². The van der Waals surface area contributed by atoms with Crippen molar-refractivity contribution in [1.82, 2.24) is 10.2 Å². The van der Waals surface area contributed by atoms with E-state index in [-0.39, 0.29) is 18.4 Å². The van der Waals surface area contributed by atoms with E-state index < -0.39 is 0 Å². The van der Waals surface area contributed by atoms with E-state index in [2.05, 4.69) is 34.0 Å². The summed E-state index contributed by atoms with van der Waals surface area (Å²) < 4.78 is 5.66. The molecule has 0 aromatic heterocycles. The smallest absolute Gasteiger partial charge is 0.155 e. The second kappa shape index (κ2) is 4.41. The lowest BCUT2D eigenvalue weighted by molar-refractivity contribution is 0.0151. The molecule has 90 valence electrons. The quantitative estimate of drug-likeness (QED) is 0.772. The van der Waals surface area contributed by atoms with Gasteiger partial charge in [-0.3, -0.25) is 4.99 Å². The third kappa shape index (κ3) is 1.91. The zero-order valence-electron chi connectivity index (χ0n) is 10.3. The van der Waals surface area contributed by atoms with Crippen molar-refractivity contribution in [2.45, 2.75) is 52.2 Å². The molecule has 0 aliphatic carbocycles. The Morgan fingerprint density at radius 3 is 2.94 bits per heavy atom. The molecule has 0 radical (unpaired) electrons. The molecule has 0 spiro atoms. The lowest BCUT2D eigenvalue weighted by atomic mass is 10.1. The fourth-order valence-corrected chi connectivity index (χ4v) is 2.14. The van der Waals surface area contributed by atoms with Crippen LogP contribution in [-0.2, 0) is 4.74 Å². The normalized spacial score (nSPS) is 32.7. The van der Waals surface area contributed by atoms with Crippen LogP contribution in [0.2, 0.25) is 0 Å². The maximum atomic E-state index is 5.66. The molecule has 0 amide bonds. The number of fused-ring (bicyclic) bond motifs is 1. The number of rotatable bonds is 3. The van der Waals surface area contributed by atoms with Gasteiger partial charge >= 0.3 is 0 Å². The Morgan fingerprint density at radius 1 is 1.56 bits per heavy atom. The first-order valence-corrected chi connectivity index (χ1v) is 5.86. The van der Waals surface area contributed by atoms with Gasteiger partial charge in [-0.25, -0.2) is 4.99 Å². The molecule has 0 aromatic rings. The summed E-state index contributed by atoms with van der Waals surface area (Å²) in [5, 5.41) is 3.24. The first-order valence-electron chi connectivity index (χ1n) is 5.86. The summed E-state index contributed by atoms with van der Waals surface area (Å²) in [4.78, 5) is 11.3. The second-order valence-corrected chi connectivity index (χ2v) is 4.44. The zero-order valence-corrected chi connectivity index (χ0v) is 10.3. The van der Waals surface area contributed by atoms with E-state index in [0.717, 1.165) is 5.84 Å². The molecular weight excluding hydrogens is 204 g/mol. The Kier molecular flexibility index (Phi) is 3.14. The van der Waals surface area contributed by atoms with E-state index in [1.807, 2.05) is 20.2 Å². The first kappa shape index (κ1) is 11.4. The van der Waals surface area contributed by atoms with Crippen molar-refractivity contribution in [3.05, 3.63) is 0 Å². The summed E-state index contributed by atoms with van der Waals surface area (Å²) in [7, 11) is 0. The minimum Gasteiger partial charge on any atom is -0.356 e. The van der Waals surface area contributed by atoms with Gasteiger partial charge in [0.2, 0.25) is 0 Å². The van der Waals surface area contributed by atoms with Gasteiger partial charge in [0, 0.05) is 12.6 Å². The largest absolute Gasteiger partial charge is 0.356 e. The van der Waals surface area contributed by atoms with Gasteiger partial charge in [0.1, 0.15) is 6.04 Å². The highest BCUT2D eigenvalue weighted by Crippen LogP contribution is 2.23. The Morgan fingerprint density at radius 2 is 2.31 bits per heavy atom. The van der Waals surface area contributed by atoms with Gasteiger partial charge in [-0.05, 0) is 27.7 Å². The van der Waals surface area contributed by atoms with Crippen LogP contribution in [-0.4, -0.2) is 48.2 Å². The van der Waals surface area contributed by atoms with Gasteiger partial charge < -0.3 is 15.0 Å². The van der Waals surface area contributed by atoms with Crippen molar-refractivity contribution < 1.29 is 4.74 Å². The molecule has 0 saturated heterocycles. The lowest BCUT2D eigenvalue weighted by Gasteiger charge is -2.36. The number of amidine groups is 1. The summed E-state index contributed by atoms with van der Waals surface area (Å²) in [6.45, 7) is 8.95. The molecule has 16 heavy (non-hydrogen) atoms. The van der Waals surface area contributed by atoms with Gasteiger partial charge in [-0.15, -0.1) is 0 Å². The number of hydrogen-bond acceptors (Lipinski definition) is 5. The van der Waals surface area contributed by atoms with E-state index in [0.29, 0.717) is 12.6 Å². The molecule has 0 saturated carbocycles. The second-order valence-electron chi connectivity index (χ2n) is 4.44. The molecule has 3 unspecified atom stereocenters. The Hall–Kier alpha value is -1.10. The number of nitrogens with one attached hydrogen (secondary N) is 1. The van der Waals surface area contributed by atoms with Gasteiger partial charge in [0.15, 0.2) is 12.4 Å². The number of hydrogen-bond donors (Lipinski definition) is 1. The summed E-state index contributed by atoms with van der Waals surface area (Å²) in [5.41, 5.74) is 0. The van der Waals surface area contributed by atoms with E-state index in [4.69, 9.17) is 4.74 Å². The highest BCUT2D eigenvalue weighted by molar-refractivity contribution is 5.81. The SMILES string of the molecule is CCOC1NC(C)=NC2C1N=CN2C(C)C. The third-order valence-electron chi connectivity index (χ3n) is 2.91. The van der Waals surface area contributed by atoms with Crippen molar-refractivity contribution in [3.8, 4) is 0 Å². The predicted octanol–water partition coefficient (Wildman–Crippen LogP) is 0.818. The van der Waals surface area contributed by atoms with Crippen molar-refractivity contribution >= 4 is 12.2 Å². The summed E-state index contributed by atoms with van der Waals surface area (Å²) >= 11 is 0. The van der Waals surface area contributed by atoms with Crippen LogP contribution in [0.15, 0.2) is 9.98 Å². The van der Waals surface area contributed by atoms with Crippen molar-refractivity contribution in [2.24, 2.45) is 9.98 Å². The molecular formula is C11H20N4O. The molecule has 2 aliphatic rings. The van der Waals surface area contributed by atoms with Crippen LogP contribution in [0.25, 0.3) is 0 Å². The molecule has 2 rings (SSSR count). The molecule has 5 nitrogen and oxygen atoms in total.